The van der Waals surface area contributed by atoms with Crippen molar-refractivity contribution in [3.63, 3.8) is 0 Å². The highest BCUT2D eigenvalue weighted by Gasteiger charge is 2.18. The lowest BCUT2D eigenvalue weighted by molar-refractivity contribution is 0.0818. The van der Waals surface area contributed by atoms with Gasteiger partial charge in [-0.3, -0.25) is 4.98 Å². The minimum absolute atomic E-state index is 0.397. The van der Waals surface area contributed by atoms with Gasteiger partial charge in [0.1, 0.15) is 12.4 Å². The summed E-state index contributed by atoms with van der Waals surface area (Å²) >= 11 is 6.45. The largest absolute Gasteiger partial charge is 0.360 e. The second-order valence-electron chi connectivity index (χ2n) is 9.39. The number of fused-ring (bicyclic) bond motifs is 2. The fraction of sp³-hybridized carbons (Fsp3) is 0.240. The molecule has 0 fully saturated rings. The summed E-state index contributed by atoms with van der Waals surface area (Å²) in [5, 5.41) is 6.56. The molecule has 0 bridgehead atoms. The van der Waals surface area contributed by atoms with Gasteiger partial charge in [-0.15, -0.1) is 0 Å². The van der Waals surface area contributed by atoms with Gasteiger partial charge in [0.25, 0.3) is 0 Å². The zero-order valence-corrected chi connectivity index (χ0v) is 20.7. The van der Waals surface area contributed by atoms with Crippen molar-refractivity contribution < 1.29 is 4.74 Å². The van der Waals surface area contributed by atoms with Gasteiger partial charge >= 0.3 is 0 Å². The molecule has 5 aromatic rings. The van der Waals surface area contributed by atoms with Crippen LogP contribution >= 0.6 is 11.6 Å². The second-order valence-corrected chi connectivity index (χ2v) is 15.4. The minimum Gasteiger partial charge on any atom is -0.360 e. The summed E-state index contributed by atoms with van der Waals surface area (Å²) in [6.45, 7) is 8.19. The van der Waals surface area contributed by atoms with E-state index in [0.717, 1.165) is 57.2 Å². The molecule has 3 aromatic heterocycles. The van der Waals surface area contributed by atoms with Crippen LogP contribution in [-0.4, -0.2) is 39.4 Å². The number of rotatable bonds is 7. The number of ether oxygens (including phenoxy) is 1. The van der Waals surface area contributed by atoms with E-state index in [2.05, 4.69) is 41.7 Å². The van der Waals surface area contributed by atoms with Crippen molar-refractivity contribution in [3.05, 3.63) is 65.9 Å². The summed E-state index contributed by atoms with van der Waals surface area (Å²) in [4.78, 5) is 12.5. The molecule has 168 valence electrons. The fourth-order valence-corrected chi connectivity index (χ4v) is 4.78. The molecule has 0 aliphatic rings. The van der Waals surface area contributed by atoms with E-state index in [1.54, 1.807) is 18.5 Å². The summed E-state index contributed by atoms with van der Waals surface area (Å²) in [7, 11) is -1.15. The summed E-state index contributed by atoms with van der Waals surface area (Å²) in [5.41, 5.74) is 5.54. The van der Waals surface area contributed by atoms with E-state index in [9.17, 15) is 0 Å². The van der Waals surface area contributed by atoms with Gasteiger partial charge < -0.3 is 9.72 Å². The first-order valence-electron chi connectivity index (χ1n) is 11.0. The molecule has 33 heavy (non-hydrogen) atoms. The van der Waals surface area contributed by atoms with Gasteiger partial charge in [0.15, 0.2) is 5.82 Å². The predicted octanol–water partition coefficient (Wildman–Crippen LogP) is 6.61. The Morgan fingerprint density at radius 3 is 2.73 bits per heavy atom. The maximum absolute atomic E-state index is 6.45. The molecule has 1 N–H and O–H groups in total. The molecule has 2 aromatic carbocycles. The van der Waals surface area contributed by atoms with Gasteiger partial charge in [0.05, 0.1) is 21.6 Å². The van der Waals surface area contributed by atoms with E-state index in [4.69, 9.17) is 26.4 Å². The number of hydrogen-bond donors (Lipinski definition) is 1. The van der Waals surface area contributed by atoms with Crippen molar-refractivity contribution in [1.82, 2.24) is 24.7 Å². The van der Waals surface area contributed by atoms with E-state index >= 15 is 0 Å². The van der Waals surface area contributed by atoms with Crippen LogP contribution in [0.5, 0.6) is 0 Å². The average molecular weight is 476 g/mol. The SMILES string of the molecule is C[Si](C)(C)CCOCn1nc(-c2nc3ccccc3[nH]2)c2cc(-c3cnccc3Cl)ccc21. The summed E-state index contributed by atoms with van der Waals surface area (Å²) in [6.07, 6.45) is 3.48. The van der Waals surface area contributed by atoms with Crippen molar-refractivity contribution in [2.24, 2.45) is 0 Å². The Morgan fingerprint density at radius 2 is 1.94 bits per heavy atom. The molecule has 0 saturated carbocycles. The van der Waals surface area contributed by atoms with Crippen molar-refractivity contribution in [3.8, 4) is 22.6 Å². The molecule has 6 nitrogen and oxygen atoms in total. The number of benzene rings is 2. The van der Waals surface area contributed by atoms with Crippen molar-refractivity contribution in [1.29, 1.82) is 0 Å². The number of nitrogens with one attached hydrogen (secondary N) is 1. The van der Waals surface area contributed by atoms with Crippen LogP contribution in [0.3, 0.4) is 0 Å². The number of aromatic amines is 1. The number of halogens is 1. The molecule has 0 saturated heterocycles. The Balaban J connectivity index is 1.58. The zero-order valence-electron chi connectivity index (χ0n) is 19.0. The Morgan fingerprint density at radius 1 is 1.09 bits per heavy atom. The number of imidazole rings is 1. The van der Waals surface area contributed by atoms with Gasteiger partial charge in [-0.1, -0.05) is 49.4 Å². The highest BCUT2D eigenvalue weighted by molar-refractivity contribution is 6.76. The minimum atomic E-state index is -1.15. The van der Waals surface area contributed by atoms with Gasteiger partial charge in [-0.25, -0.2) is 9.67 Å². The third kappa shape index (κ3) is 4.57. The van der Waals surface area contributed by atoms with Crippen LogP contribution < -0.4 is 0 Å². The van der Waals surface area contributed by atoms with Gasteiger partial charge in [-0.05, 0) is 41.9 Å². The molecule has 8 heteroatoms. The van der Waals surface area contributed by atoms with Crippen molar-refractivity contribution >= 4 is 41.6 Å². The summed E-state index contributed by atoms with van der Waals surface area (Å²) in [5.74, 6) is 0.733. The molecule has 0 amide bonds. The Bertz CT molecular complexity index is 1400. The highest BCUT2D eigenvalue weighted by Crippen LogP contribution is 2.34. The molecule has 3 heterocycles. The Hall–Kier alpha value is -3.00. The Kier molecular flexibility index (Phi) is 5.78. The van der Waals surface area contributed by atoms with E-state index in [-0.39, 0.29) is 0 Å². The number of H-pyrrole nitrogens is 1. The molecule has 5 rings (SSSR count). The third-order valence-electron chi connectivity index (χ3n) is 5.65. The first kappa shape index (κ1) is 21.8. The van der Waals surface area contributed by atoms with Gasteiger partial charge in [0, 0.05) is 38.0 Å². The number of para-hydroxylation sites is 2. The molecule has 0 aliphatic heterocycles. The quantitative estimate of drug-likeness (QED) is 0.212. The lowest BCUT2D eigenvalue weighted by atomic mass is 10.0. The fourth-order valence-electron chi connectivity index (χ4n) is 3.80. The lowest BCUT2D eigenvalue weighted by Crippen LogP contribution is -2.22. The van der Waals surface area contributed by atoms with E-state index in [1.807, 2.05) is 35.0 Å². The molecule has 0 unspecified atom stereocenters. The van der Waals surface area contributed by atoms with Gasteiger partial charge in [0.2, 0.25) is 0 Å². The second kappa shape index (κ2) is 8.74. The van der Waals surface area contributed by atoms with Crippen LogP contribution in [0.2, 0.25) is 30.7 Å². The molecule has 0 atom stereocenters. The van der Waals surface area contributed by atoms with E-state index in [0.29, 0.717) is 11.8 Å². The predicted molar refractivity (Wildman–Crippen MR) is 137 cm³/mol. The highest BCUT2D eigenvalue weighted by atomic mass is 35.5. The van der Waals surface area contributed by atoms with Crippen molar-refractivity contribution in [2.75, 3.05) is 6.61 Å². The Labute approximate surface area is 198 Å². The molecule has 0 spiro atoms. The van der Waals surface area contributed by atoms with Crippen LogP contribution in [0.4, 0.5) is 0 Å². The molecular weight excluding hydrogens is 450 g/mol. The maximum atomic E-state index is 6.45. The molecule has 0 aliphatic carbocycles. The van der Waals surface area contributed by atoms with Crippen LogP contribution in [0, 0.1) is 0 Å². The van der Waals surface area contributed by atoms with E-state index in [1.165, 1.54) is 0 Å². The van der Waals surface area contributed by atoms with Gasteiger partial charge in [-0.2, -0.15) is 5.10 Å². The molecular formula is C25H26ClN5OSi. The third-order valence-corrected chi connectivity index (χ3v) is 7.69. The van der Waals surface area contributed by atoms with Crippen LogP contribution in [0.25, 0.3) is 44.6 Å². The summed E-state index contributed by atoms with van der Waals surface area (Å²) < 4.78 is 7.93. The topological polar surface area (TPSA) is 68.6 Å². The van der Waals surface area contributed by atoms with Crippen LogP contribution in [-0.2, 0) is 11.5 Å². The zero-order chi connectivity index (χ0) is 23.0. The number of hydrogen-bond acceptors (Lipinski definition) is 4. The number of aromatic nitrogens is 5. The number of pyridine rings is 1. The first-order valence-corrected chi connectivity index (χ1v) is 15.1. The van der Waals surface area contributed by atoms with E-state index < -0.39 is 8.07 Å². The van der Waals surface area contributed by atoms with Crippen molar-refractivity contribution in [2.45, 2.75) is 32.4 Å². The number of nitrogens with zero attached hydrogens (tertiary/aromatic N) is 4. The normalized spacial score (nSPS) is 12.1. The van der Waals surface area contributed by atoms with Crippen LogP contribution in [0.1, 0.15) is 0 Å². The monoisotopic (exact) mass is 475 g/mol. The van der Waals surface area contributed by atoms with Crippen LogP contribution in [0.15, 0.2) is 60.9 Å². The molecule has 0 radical (unpaired) electrons. The smallest absolute Gasteiger partial charge is 0.159 e. The summed E-state index contributed by atoms with van der Waals surface area (Å²) in [6, 6.07) is 17.1. The first-order chi connectivity index (χ1) is 15.9. The lowest BCUT2D eigenvalue weighted by Gasteiger charge is -2.15. The maximum Gasteiger partial charge on any atom is 0.159 e. The average Bonchev–Trinajstić information content (AvgIpc) is 3.37. The standard InChI is InChI=1S/C25H26ClN5OSi/c1-33(2,3)13-12-32-16-31-23-9-8-17(19-15-27-11-10-20(19)26)14-18(23)24(30-31)25-28-21-6-4-5-7-22(21)29-25/h4-11,14-15H,12-13,16H2,1-3H3,(H,28,29).